The molecule has 0 N–H and O–H groups in total. The predicted octanol–water partition coefficient (Wildman–Crippen LogP) is 4.15. The highest BCUT2D eigenvalue weighted by molar-refractivity contribution is 6.45. The lowest BCUT2D eigenvalue weighted by atomic mass is 10.1. The number of fused-ring (bicyclic) bond motifs is 1. The van der Waals surface area contributed by atoms with Gasteiger partial charge in [-0.2, -0.15) is 0 Å². The van der Waals surface area contributed by atoms with E-state index in [4.69, 9.17) is 21.3 Å². The average molecular weight is 482 g/mol. The van der Waals surface area contributed by atoms with Gasteiger partial charge in [0.05, 0.1) is 18.6 Å². The second-order valence-electron chi connectivity index (χ2n) is 8.11. The van der Waals surface area contributed by atoms with Crippen LogP contribution >= 0.6 is 11.6 Å². The number of hydrogen-bond acceptors (Lipinski definition) is 5. The van der Waals surface area contributed by atoms with Gasteiger partial charge in [0, 0.05) is 30.4 Å². The van der Waals surface area contributed by atoms with Crippen LogP contribution in [-0.4, -0.2) is 55.6 Å². The molecule has 0 unspecified atom stereocenters. The molecule has 0 amide bonds. The van der Waals surface area contributed by atoms with E-state index in [0.717, 1.165) is 85.6 Å². The van der Waals surface area contributed by atoms with Gasteiger partial charge in [0.15, 0.2) is 0 Å². The second-order valence-corrected chi connectivity index (χ2v) is 8.57. The van der Waals surface area contributed by atoms with Crippen molar-refractivity contribution in [1.82, 2.24) is 9.88 Å². The number of pyridine rings is 1. The Morgan fingerprint density at radius 2 is 1.82 bits per heavy atom. The van der Waals surface area contributed by atoms with Crippen molar-refractivity contribution in [3.05, 3.63) is 47.0 Å². The summed E-state index contributed by atoms with van der Waals surface area (Å²) in [6.07, 6.45) is 0.947. The number of nitrogens with zero attached hydrogens (tertiary/aromatic N) is 3. The Hall–Kier alpha value is -2.29. The summed E-state index contributed by atoms with van der Waals surface area (Å²) in [6, 6.07) is 9.85. The number of benzene rings is 1. The molecular weight excluding hydrogens is 455 g/mol. The zero-order chi connectivity index (χ0) is 23.3. The minimum atomic E-state index is -4.72. The van der Waals surface area contributed by atoms with Crippen LogP contribution in [0.25, 0.3) is 11.1 Å². The maximum Gasteiger partial charge on any atom is 0.573 e. The van der Waals surface area contributed by atoms with Crippen LogP contribution in [0.5, 0.6) is 5.75 Å². The van der Waals surface area contributed by atoms with E-state index in [9.17, 15) is 13.2 Å². The molecule has 1 aliphatic heterocycles. The number of hydrogen-bond donors (Lipinski definition) is 0. The lowest BCUT2D eigenvalue weighted by Crippen LogP contribution is -2.37. The number of ether oxygens (including phenoxy) is 2. The number of halogens is 4. The fourth-order valence-electron chi connectivity index (χ4n) is 4.10. The minimum absolute atomic E-state index is 0.247. The highest BCUT2D eigenvalue weighted by Gasteiger charge is 2.31. The van der Waals surface area contributed by atoms with Crippen molar-refractivity contribution < 1.29 is 22.6 Å². The first kappa shape index (κ1) is 23.9. The fourth-order valence-corrected chi connectivity index (χ4v) is 4.36. The average Bonchev–Trinajstić information content (AvgIpc) is 2.80. The largest absolute Gasteiger partial charge is 0.573 e. The van der Waals surface area contributed by atoms with Crippen LogP contribution in [0.4, 0.5) is 24.7 Å². The van der Waals surface area contributed by atoms with E-state index in [1.54, 1.807) is 12.1 Å². The second kappa shape index (κ2) is 10.8. The quantitative estimate of drug-likeness (QED) is 0.529. The normalized spacial score (nSPS) is 16.8. The summed E-state index contributed by atoms with van der Waals surface area (Å²) in [5.41, 5.74) is 0.749. The molecule has 0 radical (unpaired) electrons. The molecule has 2 aliphatic rings. The summed E-state index contributed by atoms with van der Waals surface area (Å²) >= 11 is 6.44. The van der Waals surface area contributed by atoms with Crippen molar-refractivity contribution in [2.24, 2.45) is 0 Å². The monoisotopic (exact) mass is 481 g/mol. The summed E-state index contributed by atoms with van der Waals surface area (Å²) < 4.78 is 47.1. The first-order chi connectivity index (χ1) is 15.9. The van der Waals surface area contributed by atoms with Gasteiger partial charge in [0.2, 0.25) is 0 Å². The van der Waals surface area contributed by atoms with Gasteiger partial charge in [-0.25, -0.2) is 4.98 Å². The lowest BCUT2D eigenvalue weighted by Gasteiger charge is -2.28. The van der Waals surface area contributed by atoms with Gasteiger partial charge in [-0.05, 0) is 73.8 Å². The number of morpholine rings is 1. The van der Waals surface area contributed by atoms with Crippen LogP contribution in [-0.2, 0) is 4.74 Å². The molecule has 2 heterocycles. The Balaban J connectivity index is 1.53. The Morgan fingerprint density at radius 1 is 1.06 bits per heavy atom. The van der Waals surface area contributed by atoms with E-state index >= 15 is 0 Å². The topological polar surface area (TPSA) is 37.8 Å². The first-order valence-corrected chi connectivity index (χ1v) is 11.6. The standard InChI is InChI=1S/C24H27ClF3N3O2/c25-21-5-3-4-18-6-11-22(29-23(18)21)31(13-2-1-12-30-14-16-32-17-15-30)19-7-9-20(10-8-19)33-24(26,27)28/h4,6-11H,1-3,5,12-17H2. The lowest BCUT2D eigenvalue weighted by molar-refractivity contribution is -0.274. The molecule has 1 fully saturated rings. The van der Waals surface area contributed by atoms with Crippen molar-refractivity contribution in [2.75, 3.05) is 44.3 Å². The zero-order valence-electron chi connectivity index (χ0n) is 18.3. The molecule has 0 bridgehead atoms. The molecule has 0 atom stereocenters. The number of anilines is 2. The smallest absolute Gasteiger partial charge is 0.406 e. The van der Waals surface area contributed by atoms with E-state index in [-0.39, 0.29) is 5.75 Å². The highest BCUT2D eigenvalue weighted by atomic mass is 35.5. The molecule has 9 heteroatoms. The van der Waals surface area contributed by atoms with Gasteiger partial charge in [0.1, 0.15) is 11.6 Å². The highest BCUT2D eigenvalue weighted by Crippen LogP contribution is 2.28. The van der Waals surface area contributed by atoms with Crippen LogP contribution in [0.2, 0.25) is 0 Å². The van der Waals surface area contributed by atoms with Crippen molar-refractivity contribution in [2.45, 2.75) is 32.0 Å². The van der Waals surface area contributed by atoms with E-state index in [1.165, 1.54) is 12.1 Å². The van der Waals surface area contributed by atoms with Gasteiger partial charge in [-0.3, -0.25) is 4.90 Å². The zero-order valence-corrected chi connectivity index (χ0v) is 19.0. The molecule has 1 aliphatic carbocycles. The molecule has 0 spiro atoms. The van der Waals surface area contributed by atoms with Crippen molar-refractivity contribution >= 4 is 34.2 Å². The van der Waals surface area contributed by atoms with Crippen LogP contribution in [0.1, 0.15) is 25.7 Å². The third-order valence-electron chi connectivity index (χ3n) is 5.77. The minimum Gasteiger partial charge on any atom is -0.406 e. The summed E-state index contributed by atoms with van der Waals surface area (Å²) in [4.78, 5) is 9.22. The molecule has 178 valence electrons. The van der Waals surface area contributed by atoms with Crippen LogP contribution in [0.15, 0.2) is 36.4 Å². The summed E-state index contributed by atoms with van der Waals surface area (Å²) in [5, 5.41) is 2.52. The molecule has 2 aromatic rings. The molecule has 1 aromatic heterocycles. The molecule has 1 aromatic carbocycles. The molecule has 5 nitrogen and oxygen atoms in total. The van der Waals surface area contributed by atoms with Gasteiger partial charge in [0.25, 0.3) is 0 Å². The molecule has 33 heavy (non-hydrogen) atoms. The van der Waals surface area contributed by atoms with Gasteiger partial charge in [-0.1, -0.05) is 17.7 Å². The number of alkyl halides is 3. The number of aromatic nitrogens is 1. The molecular formula is C24H27ClF3N3O2. The van der Waals surface area contributed by atoms with E-state index < -0.39 is 6.36 Å². The third kappa shape index (κ3) is 6.62. The Bertz CT molecular complexity index is 1050. The SMILES string of the molecule is FC(F)(F)Oc1ccc(N(CCCCN2CCOCC2)c2ccc3c(n2)=C(Cl)CCC=3)cc1. The van der Waals surface area contributed by atoms with E-state index in [1.807, 2.05) is 17.0 Å². The van der Waals surface area contributed by atoms with Gasteiger partial charge < -0.3 is 14.4 Å². The van der Waals surface area contributed by atoms with E-state index in [2.05, 4.69) is 15.7 Å². The number of unbranched alkanes of at least 4 members (excludes halogenated alkanes) is 1. The predicted molar refractivity (Wildman–Crippen MR) is 123 cm³/mol. The Morgan fingerprint density at radius 3 is 2.55 bits per heavy atom. The molecule has 1 saturated heterocycles. The Kier molecular flexibility index (Phi) is 7.78. The summed E-state index contributed by atoms with van der Waals surface area (Å²) in [7, 11) is 0. The van der Waals surface area contributed by atoms with Gasteiger partial charge in [-0.15, -0.1) is 13.2 Å². The molecule has 0 saturated carbocycles. The van der Waals surface area contributed by atoms with Crippen molar-refractivity contribution in [3.8, 4) is 5.75 Å². The first-order valence-electron chi connectivity index (χ1n) is 11.2. The van der Waals surface area contributed by atoms with Crippen LogP contribution in [0.3, 0.4) is 0 Å². The maximum atomic E-state index is 12.5. The number of rotatable bonds is 8. The van der Waals surface area contributed by atoms with Crippen LogP contribution < -0.4 is 20.2 Å². The fraction of sp³-hybridized carbons (Fsp3) is 0.458. The molecule has 4 rings (SSSR count). The Labute approximate surface area is 196 Å². The van der Waals surface area contributed by atoms with Crippen LogP contribution in [0, 0.1) is 0 Å². The summed E-state index contributed by atoms with van der Waals surface area (Å²) in [6.45, 7) is 5.10. The van der Waals surface area contributed by atoms with Gasteiger partial charge >= 0.3 is 6.36 Å². The van der Waals surface area contributed by atoms with E-state index in [0.29, 0.717) is 6.54 Å². The third-order valence-corrected chi connectivity index (χ3v) is 6.13. The summed E-state index contributed by atoms with van der Waals surface area (Å²) in [5.74, 6) is 0.473. The maximum absolute atomic E-state index is 12.5. The van der Waals surface area contributed by atoms with Crippen molar-refractivity contribution in [3.63, 3.8) is 0 Å². The van der Waals surface area contributed by atoms with Crippen molar-refractivity contribution in [1.29, 1.82) is 0 Å².